The van der Waals surface area contributed by atoms with E-state index in [1.807, 2.05) is 24.3 Å². The molecular weight excluding hydrogens is 238 g/mol. The third-order valence-electron chi connectivity index (χ3n) is 3.26. The van der Waals surface area contributed by atoms with Crippen molar-refractivity contribution in [3.63, 3.8) is 0 Å². The van der Waals surface area contributed by atoms with E-state index in [1.54, 1.807) is 0 Å². The molecule has 2 rings (SSSR count). The molecule has 3 nitrogen and oxygen atoms in total. The molecule has 1 N–H and O–H groups in total. The Kier molecular flexibility index (Phi) is 4.90. The second kappa shape index (κ2) is 6.88. The Bertz CT molecular complexity index is 477. The lowest BCUT2D eigenvalue weighted by molar-refractivity contribution is -0.124. The summed E-state index contributed by atoms with van der Waals surface area (Å²) in [5.74, 6) is 0.0140. The normalized spacial score (nSPS) is 18.8. The van der Waals surface area contributed by atoms with Crippen LogP contribution in [0.25, 0.3) is 0 Å². The van der Waals surface area contributed by atoms with Crippen LogP contribution in [0.4, 0.5) is 0 Å². The summed E-state index contributed by atoms with van der Waals surface area (Å²) in [4.78, 5) is 23.4. The molecule has 19 heavy (non-hydrogen) atoms. The molecule has 0 spiro atoms. The Morgan fingerprint density at radius 1 is 1.05 bits per heavy atom. The average Bonchev–Trinajstić information content (AvgIpc) is 2.42. The molecule has 1 amide bonds. The zero-order valence-electron chi connectivity index (χ0n) is 11.0. The first kappa shape index (κ1) is 13.5. The number of aryl methyl sites for hydroxylation is 1. The molecular formula is C16H19NO2. The van der Waals surface area contributed by atoms with Crippen LogP contribution in [-0.4, -0.2) is 11.7 Å². The van der Waals surface area contributed by atoms with Gasteiger partial charge in [0.25, 0.3) is 0 Å². The van der Waals surface area contributed by atoms with Gasteiger partial charge in [0.2, 0.25) is 5.91 Å². The van der Waals surface area contributed by atoms with Crippen molar-refractivity contribution in [2.45, 2.75) is 38.5 Å². The highest BCUT2D eigenvalue weighted by Crippen LogP contribution is 2.11. The summed E-state index contributed by atoms with van der Waals surface area (Å²) in [6.07, 6.45) is 6.18. The summed E-state index contributed by atoms with van der Waals surface area (Å²) in [5, 5.41) is 2.73. The highest BCUT2D eigenvalue weighted by molar-refractivity contribution is 5.99. The van der Waals surface area contributed by atoms with E-state index in [0.717, 1.165) is 25.7 Å². The molecule has 0 saturated carbocycles. The maximum absolute atomic E-state index is 11.9. The van der Waals surface area contributed by atoms with Crippen molar-refractivity contribution in [3.05, 3.63) is 47.7 Å². The van der Waals surface area contributed by atoms with E-state index < -0.39 is 0 Å². The lowest BCUT2D eigenvalue weighted by atomic mass is 10.0. The molecule has 1 aliphatic heterocycles. The second-order valence-electron chi connectivity index (χ2n) is 4.82. The molecule has 1 aromatic carbocycles. The number of carbonyl (C=O) groups is 2. The average molecular weight is 257 g/mol. The number of rotatable bonds is 3. The van der Waals surface area contributed by atoms with Gasteiger partial charge in [-0.3, -0.25) is 9.59 Å². The zero-order valence-corrected chi connectivity index (χ0v) is 11.0. The molecule has 0 radical (unpaired) electrons. The topological polar surface area (TPSA) is 46.2 Å². The minimum Gasteiger partial charge on any atom is -0.323 e. The minimum absolute atomic E-state index is 0.0426. The van der Waals surface area contributed by atoms with E-state index in [1.165, 1.54) is 5.56 Å². The van der Waals surface area contributed by atoms with E-state index in [-0.39, 0.29) is 11.7 Å². The molecule has 1 fully saturated rings. The molecule has 1 heterocycles. The number of carbonyl (C=O) groups excluding carboxylic acids is 2. The van der Waals surface area contributed by atoms with Crippen LogP contribution in [0.15, 0.2) is 42.1 Å². The molecule has 0 aliphatic carbocycles. The van der Waals surface area contributed by atoms with Crippen molar-refractivity contribution in [1.29, 1.82) is 0 Å². The number of Topliss-reactive ketones (excluding diaryl/α,β-unsaturated/α-hetero) is 1. The van der Waals surface area contributed by atoms with Crippen LogP contribution < -0.4 is 5.32 Å². The Labute approximate surface area is 113 Å². The summed E-state index contributed by atoms with van der Waals surface area (Å²) in [7, 11) is 0. The fourth-order valence-electron chi connectivity index (χ4n) is 2.18. The molecule has 0 unspecified atom stereocenters. The largest absolute Gasteiger partial charge is 0.323 e. The van der Waals surface area contributed by atoms with Gasteiger partial charge in [-0.25, -0.2) is 0 Å². The van der Waals surface area contributed by atoms with Crippen molar-refractivity contribution >= 4 is 11.7 Å². The Morgan fingerprint density at radius 3 is 2.58 bits per heavy atom. The van der Waals surface area contributed by atoms with E-state index in [2.05, 4.69) is 17.4 Å². The highest BCUT2D eigenvalue weighted by atomic mass is 16.2. The summed E-state index contributed by atoms with van der Waals surface area (Å²) < 4.78 is 0. The van der Waals surface area contributed by atoms with Crippen molar-refractivity contribution in [2.75, 3.05) is 0 Å². The third-order valence-corrected chi connectivity index (χ3v) is 3.26. The lowest BCUT2D eigenvalue weighted by Crippen LogP contribution is -2.29. The van der Waals surface area contributed by atoms with Gasteiger partial charge in [0.05, 0.1) is 5.70 Å². The quantitative estimate of drug-likeness (QED) is 0.846. The molecule has 1 aromatic rings. The second-order valence-corrected chi connectivity index (χ2v) is 4.82. The Morgan fingerprint density at radius 2 is 1.79 bits per heavy atom. The van der Waals surface area contributed by atoms with Gasteiger partial charge < -0.3 is 5.32 Å². The molecule has 0 bridgehead atoms. The van der Waals surface area contributed by atoms with Gasteiger partial charge in [0.1, 0.15) is 0 Å². The summed E-state index contributed by atoms with van der Waals surface area (Å²) in [5.41, 5.74) is 1.73. The first-order valence-corrected chi connectivity index (χ1v) is 6.83. The molecule has 1 aliphatic rings. The van der Waals surface area contributed by atoms with Crippen LogP contribution in [0.5, 0.6) is 0 Å². The fourth-order valence-corrected chi connectivity index (χ4v) is 2.18. The maximum atomic E-state index is 11.9. The predicted octanol–water partition coefficient (Wildman–Crippen LogP) is 2.76. The molecule has 100 valence electrons. The van der Waals surface area contributed by atoms with Crippen molar-refractivity contribution in [1.82, 2.24) is 5.32 Å². The van der Waals surface area contributed by atoms with Gasteiger partial charge in [-0.1, -0.05) is 36.4 Å². The predicted molar refractivity (Wildman–Crippen MR) is 74.5 cm³/mol. The van der Waals surface area contributed by atoms with E-state index in [0.29, 0.717) is 18.5 Å². The molecule has 1 saturated heterocycles. The van der Waals surface area contributed by atoms with Gasteiger partial charge in [-0.05, 0) is 31.2 Å². The number of allylic oxidation sites excluding steroid dienone is 2. The van der Waals surface area contributed by atoms with Crippen LogP contribution in [0.2, 0.25) is 0 Å². The van der Waals surface area contributed by atoms with Crippen molar-refractivity contribution in [2.24, 2.45) is 0 Å². The number of hydrogen-bond donors (Lipinski definition) is 1. The smallest absolute Gasteiger partial charge is 0.224 e. The molecule has 3 heteroatoms. The first-order chi connectivity index (χ1) is 9.25. The van der Waals surface area contributed by atoms with E-state index in [4.69, 9.17) is 0 Å². The highest BCUT2D eigenvalue weighted by Gasteiger charge is 2.15. The monoisotopic (exact) mass is 257 g/mol. The van der Waals surface area contributed by atoms with Crippen molar-refractivity contribution < 1.29 is 9.59 Å². The van der Waals surface area contributed by atoms with Gasteiger partial charge in [-0.2, -0.15) is 0 Å². The number of amides is 1. The Hall–Kier alpha value is -1.90. The van der Waals surface area contributed by atoms with Gasteiger partial charge in [0.15, 0.2) is 5.78 Å². The summed E-state index contributed by atoms with van der Waals surface area (Å²) >= 11 is 0. The number of benzene rings is 1. The fraction of sp³-hybridized carbons (Fsp3) is 0.375. The molecule has 0 atom stereocenters. The summed E-state index contributed by atoms with van der Waals surface area (Å²) in [6.45, 7) is 0. The number of nitrogens with one attached hydrogen (secondary N) is 1. The third kappa shape index (κ3) is 4.36. The van der Waals surface area contributed by atoms with Crippen LogP contribution >= 0.6 is 0 Å². The van der Waals surface area contributed by atoms with Crippen LogP contribution in [0.1, 0.15) is 37.7 Å². The molecule has 0 aromatic heterocycles. The summed E-state index contributed by atoms with van der Waals surface area (Å²) in [6, 6.07) is 10.1. The number of ketones is 1. The van der Waals surface area contributed by atoms with Gasteiger partial charge >= 0.3 is 0 Å². The lowest BCUT2D eigenvalue weighted by Gasteiger charge is -2.12. The standard InChI is InChI=1S/C16H19NO2/c18-15-11-4-5-12-16(19)17-14(15)10-6-9-13-7-2-1-3-8-13/h1-3,7-8,10H,4-6,9,11-12H2,(H,17,19)/b14-10+. The Balaban J connectivity index is 1.95. The van der Waals surface area contributed by atoms with Crippen LogP contribution in [-0.2, 0) is 16.0 Å². The van der Waals surface area contributed by atoms with Gasteiger partial charge in [0, 0.05) is 12.8 Å². The first-order valence-electron chi connectivity index (χ1n) is 6.83. The minimum atomic E-state index is -0.0426. The van der Waals surface area contributed by atoms with Crippen LogP contribution in [0, 0.1) is 0 Å². The van der Waals surface area contributed by atoms with Gasteiger partial charge in [-0.15, -0.1) is 0 Å². The zero-order chi connectivity index (χ0) is 13.5. The maximum Gasteiger partial charge on any atom is 0.224 e. The van der Waals surface area contributed by atoms with E-state index >= 15 is 0 Å². The number of hydrogen-bond acceptors (Lipinski definition) is 2. The van der Waals surface area contributed by atoms with E-state index in [9.17, 15) is 9.59 Å². The van der Waals surface area contributed by atoms with Crippen molar-refractivity contribution in [3.8, 4) is 0 Å². The SMILES string of the molecule is O=C1CCCCC(=O)/C(=C\CCc2ccccc2)N1. The van der Waals surface area contributed by atoms with Crippen LogP contribution in [0.3, 0.4) is 0 Å².